The van der Waals surface area contributed by atoms with Crippen LogP contribution in [0, 0.1) is 0 Å². The number of hydrogen-bond donors (Lipinski definition) is 1. The van der Waals surface area contributed by atoms with Crippen molar-refractivity contribution in [2.45, 2.75) is 13.2 Å². The fourth-order valence-electron chi connectivity index (χ4n) is 2.38. The van der Waals surface area contributed by atoms with Crippen LogP contribution in [0.3, 0.4) is 0 Å². The van der Waals surface area contributed by atoms with E-state index in [9.17, 15) is 0 Å². The third kappa shape index (κ3) is 5.17. The molecule has 0 saturated heterocycles. The van der Waals surface area contributed by atoms with E-state index in [1.165, 1.54) is 0 Å². The lowest BCUT2D eigenvalue weighted by atomic mass is 10.1. The van der Waals surface area contributed by atoms with Crippen LogP contribution in [0.25, 0.3) is 11.3 Å². The van der Waals surface area contributed by atoms with Gasteiger partial charge in [0.2, 0.25) is 0 Å². The summed E-state index contributed by atoms with van der Waals surface area (Å²) in [5, 5.41) is 7.35. The molecule has 5 nitrogen and oxygen atoms in total. The van der Waals surface area contributed by atoms with E-state index in [-0.39, 0.29) is 0 Å². The summed E-state index contributed by atoms with van der Waals surface area (Å²) in [6.45, 7) is 2.64. The number of nitrogens with zero attached hydrogens (tertiary/aromatic N) is 1. The minimum Gasteiger partial charge on any atom is -0.489 e. The van der Waals surface area contributed by atoms with Crippen molar-refractivity contribution in [3.63, 3.8) is 0 Å². The first-order valence-electron chi connectivity index (χ1n) is 8.27. The molecule has 0 fully saturated rings. The maximum atomic E-state index is 5.80. The van der Waals surface area contributed by atoms with Crippen molar-refractivity contribution in [2.75, 3.05) is 20.3 Å². The summed E-state index contributed by atoms with van der Waals surface area (Å²) in [5.74, 6) is 1.63. The molecule has 130 valence electrons. The van der Waals surface area contributed by atoms with Crippen LogP contribution >= 0.6 is 0 Å². The molecule has 2 aromatic carbocycles. The van der Waals surface area contributed by atoms with Gasteiger partial charge in [0.15, 0.2) is 5.76 Å². The molecule has 0 saturated carbocycles. The second kappa shape index (κ2) is 9.01. The molecule has 1 aromatic heterocycles. The van der Waals surface area contributed by atoms with E-state index < -0.39 is 0 Å². The molecule has 5 heteroatoms. The van der Waals surface area contributed by atoms with Gasteiger partial charge >= 0.3 is 0 Å². The lowest BCUT2D eigenvalue weighted by Crippen LogP contribution is -2.18. The Balaban J connectivity index is 1.54. The third-order valence-electron chi connectivity index (χ3n) is 3.74. The smallest absolute Gasteiger partial charge is 0.151 e. The molecule has 3 aromatic rings. The molecule has 0 amide bonds. The van der Waals surface area contributed by atoms with Gasteiger partial charge in [0.1, 0.15) is 18.1 Å². The molecule has 0 spiro atoms. The van der Waals surface area contributed by atoms with Gasteiger partial charge in [-0.05, 0) is 29.8 Å². The number of methoxy groups -OCH3 is 1. The third-order valence-corrected chi connectivity index (χ3v) is 3.74. The number of aromatic nitrogens is 1. The van der Waals surface area contributed by atoms with Gasteiger partial charge in [0.05, 0.1) is 13.2 Å². The Morgan fingerprint density at radius 1 is 1.04 bits per heavy atom. The maximum absolute atomic E-state index is 5.80. The average Bonchev–Trinajstić information content (AvgIpc) is 3.14. The SMILES string of the molecule is COCCNCc1cc(-c2ccc(OCc3ccccc3)cc2)no1. The van der Waals surface area contributed by atoms with E-state index in [1.54, 1.807) is 7.11 Å². The molecule has 0 bridgehead atoms. The molecule has 0 aliphatic rings. The summed E-state index contributed by atoms with van der Waals surface area (Å²) in [6.07, 6.45) is 0. The molecule has 0 aliphatic heterocycles. The van der Waals surface area contributed by atoms with Gasteiger partial charge < -0.3 is 19.3 Å². The number of benzene rings is 2. The fraction of sp³-hybridized carbons (Fsp3) is 0.250. The largest absolute Gasteiger partial charge is 0.489 e. The van der Waals surface area contributed by atoms with E-state index in [1.807, 2.05) is 60.7 Å². The fourth-order valence-corrected chi connectivity index (χ4v) is 2.38. The molecule has 0 aliphatic carbocycles. The molecule has 0 unspecified atom stereocenters. The normalized spacial score (nSPS) is 10.8. The van der Waals surface area contributed by atoms with E-state index in [2.05, 4.69) is 10.5 Å². The van der Waals surface area contributed by atoms with Gasteiger partial charge in [0, 0.05) is 25.3 Å². The summed E-state index contributed by atoms with van der Waals surface area (Å²) in [7, 11) is 1.68. The summed E-state index contributed by atoms with van der Waals surface area (Å²) in [5.41, 5.74) is 2.96. The monoisotopic (exact) mass is 338 g/mol. The summed E-state index contributed by atoms with van der Waals surface area (Å²) in [4.78, 5) is 0. The van der Waals surface area contributed by atoms with Crippen molar-refractivity contribution in [2.24, 2.45) is 0 Å². The van der Waals surface area contributed by atoms with Crippen molar-refractivity contribution in [1.29, 1.82) is 0 Å². The summed E-state index contributed by atoms with van der Waals surface area (Å²) >= 11 is 0. The zero-order chi connectivity index (χ0) is 17.3. The van der Waals surface area contributed by atoms with Gasteiger partial charge in [0.25, 0.3) is 0 Å². The highest BCUT2D eigenvalue weighted by Crippen LogP contribution is 2.22. The predicted octanol–water partition coefficient (Wildman–Crippen LogP) is 3.66. The highest BCUT2D eigenvalue weighted by molar-refractivity contribution is 5.59. The molecule has 0 atom stereocenters. The Labute approximate surface area is 147 Å². The van der Waals surface area contributed by atoms with Crippen LogP contribution in [0.2, 0.25) is 0 Å². The van der Waals surface area contributed by atoms with Crippen LogP contribution in [-0.2, 0) is 17.9 Å². The lowest BCUT2D eigenvalue weighted by Gasteiger charge is -2.06. The molecule has 0 radical (unpaired) electrons. The predicted molar refractivity (Wildman–Crippen MR) is 96.3 cm³/mol. The second-order valence-corrected chi connectivity index (χ2v) is 5.65. The van der Waals surface area contributed by atoms with E-state index in [0.717, 1.165) is 34.9 Å². The molecule has 1 N–H and O–H groups in total. The lowest BCUT2D eigenvalue weighted by molar-refractivity contribution is 0.198. The highest BCUT2D eigenvalue weighted by Gasteiger charge is 2.06. The van der Waals surface area contributed by atoms with E-state index >= 15 is 0 Å². The first-order chi connectivity index (χ1) is 12.3. The number of ether oxygens (including phenoxy) is 2. The van der Waals surface area contributed by atoms with Gasteiger partial charge in [-0.15, -0.1) is 0 Å². The number of rotatable bonds is 9. The Kier molecular flexibility index (Phi) is 6.20. The van der Waals surface area contributed by atoms with Crippen LogP contribution in [0.4, 0.5) is 0 Å². The quantitative estimate of drug-likeness (QED) is 0.604. The first-order valence-corrected chi connectivity index (χ1v) is 8.27. The van der Waals surface area contributed by atoms with Crippen molar-refractivity contribution in [1.82, 2.24) is 10.5 Å². The Morgan fingerprint density at radius 3 is 2.60 bits per heavy atom. The molecular formula is C20H22N2O3. The van der Waals surface area contributed by atoms with Gasteiger partial charge in [-0.3, -0.25) is 0 Å². The van der Waals surface area contributed by atoms with Gasteiger partial charge in [-0.2, -0.15) is 0 Å². The Morgan fingerprint density at radius 2 is 1.84 bits per heavy atom. The van der Waals surface area contributed by atoms with E-state index in [0.29, 0.717) is 19.8 Å². The Bertz CT molecular complexity index is 754. The minimum absolute atomic E-state index is 0.557. The average molecular weight is 338 g/mol. The minimum atomic E-state index is 0.557. The number of hydrogen-bond acceptors (Lipinski definition) is 5. The number of nitrogens with one attached hydrogen (secondary N) is 1. The molecule has 1 heterocycles. The van der Waals surface area contributed by atoms with Crippen molar-refractivity contribution >= 4 is 0 Å². The molecule has 25 heavy (non-hydrogen) atoms. The van der Waals surface area contributed by atoms with Crippen molar-refractivity contribution in [3.05, 3.63) is 72.0 Å². The standard InChI is InChI=1S/C20H22N2O3/c1-23-12-11-21-14-19-13-20(22-25-19)17-7-9-18(10-8-17)24-15-16-5-3-2-4-6-16/h2-10,13,21H,11-12,14-15H2,1H3. The van der Waals surface area contributed by atoms with Gasteiger partial charge in [-0.1, -0.05) is 35.5 Å². The topological polar surface area (TPSA) is 56.5 Å². The summed E-state index contributed by atoms with van der Waals surface area (Å²) in [6, 6.07) is 19.9. The zero-order valence-electron chi connectivity index (χ0n) is 14.3. The van der Waals surface area contributed by atoms with Gasteiger partial charge in [-0.25, -0.2) is 0 Å². The van der Waals surface area contributed by atoms with Crippen LogP contribution in [0.15, 0.2) is 65.2 Å². The molecular weight excluding hydrogens is 316 g/mol. The Hall–Kier alpha value is -2.63. The highest BCUT2D eigenvalue weighted by atomic mass is 16.5. The van der Waals surface area contributed by atoms with Crippen LogP contribution < -0.4 is 10.1 Å². The molecule has 3 rings (SSSR count). The van der Waals surface area contributed by atoms with E-state index in [4.69, 9.17) is 14.0 Å². The van der Waals surface area contributed by atoms with Crippen LogP contribution in [-0.4, -0.2) is 25.4 Å². The van der Waals surface area contributed by atoms with Crippen molar-refractivity contribution < 1.29 is 14.0 Å². The zero-order valence-corrected chi connectivity index (χ0v) is 14.3. The maximum Gasteiger partial charge on any atom is 0.151 e. The van der Waals surface area contributed by atoms with Crippen LogP contribution in [0.5, 0.6) is 5.75 Å². The van der Waals surface area contributed by atoms with Crippen LogP contribution in [0.1, 0.15) is 11.3 Å². The second-order valence-electron chi connectivity index (χ2n) is 5.65. The first kappa shape index (κ1) is 17.2. The van der Waals surface area contributed by atoms with Crippen molar-refractivity contribution in [3.8, 4) is 17.0 Å². The summed E-state index contributed by atoms with van der Waals surface area (Å²) < 4.78 is 16.1.